The normalized spacial score (nSPS) is 26.1. The Morgan fingerprint density at radius 1 is 1.30 bits per heavy atom. The molecule has 1 saturated heterocycles. The van der Waals surface area contributed by atoms with Crippen LogP contribution in [0.2, 0.25) is 0 Å². The fourth-order valence-corrected chi connectivity index (χ4v) is 6.03. The Morgan fingerprint density at radius 2 is 1.95 bits per heavy atom. The Balaban J connectivity index is 2.00. The van der Waals surface area contributed by atoms with Crippen LogP contribution in [0.1, 0.15) is 44.0 Å². The predicted octanol–water partition coefficient (Wildman–Crippen LogP) is 1.99. The first-order chi connectivity index (χ1) is 9.27. The fourth-order valence-electron chi connectivity index (χ4n) is 3.89. The van der Waals surface area contributed by atoms with Gasteiger partial charge in [0.15, 0.2) is 0 Å². The Morgan fingerprint density at radius 3 is 2.35 bits per heavy atom. The molecule has 0 aromatic carbocycles. The average Bonchev–Trinajstić information content (AvgIpc) is 2.78. The van der Waals surface area contributed by atoms with Gasteiger partial charge in [0.2, 0.25) is 10.0 Å². The van der Waals surface area contributed by atoms with Gasteiger partial charge >= 0.3 is 0 Å². The minimum atomic E-state index is -3.43. The van der Waals surface area contributed by atoms with Crippen LogP contribution in [0.4, 0.5) is 0 Å². The van der Waals surface area contributed by atoms with E-state index in [9.17, 15) is 8.42 Å². The highest BCUT2D eigenvalue weighted by atomic mass is 32.2. The van der Waals surface area contributed by atoms with Crippen LogP contribution in [0.15, 0.2) is 4.90 Å². The molecule has 5 nitrogen and oxygen atoms in total. The number of rotatable bonds is 2. The summed E-state index contributed by atoms with van der Waals surface area (Å²) in [6.45, 7) is 6.32. The second kappa shape index (κ2) is 4.31. The molecule has 20 heavy (non-hydrogen) atoms. The second-order valence-electron chi connectivity index (χ2n) is 6.58. The van der Waals surface area contributed by atoms with Gasteiger partial charge in [-0.05, 0) is 45.4 Å². The first kappa shape index (κ1) is 14.1. The van der Waals surface area contributed by atoms with Gasteiger partial charge < -0.3 is 0 Å². The topological polar surface area (TPSA) is 55.2 Å². The number of aromatic nitrogens is 2. The summed E-state index contributed by atoms with van der Waals surface area (Å²) in [5.74, 6) is 0. The molecule has 112 valence electrons. The molecule has 0 radical (unpaired) electrons. The zero-order valence-corrected chi connectivity index (χ0v) is 13.5. The molecule has 1 atom stereocenters. The van der Waals surface area contributed by atoms with Crippen LogP contribution in [0, 0.1) is 19.3 Å². The first-order valence-electron chi connectivity index (χ1n) is 7.29. The fraction of sp³-hybridized carbons (Fsp3) is 0.786. The summed E-state index contributed by atoms with van der Waals surface area (Å²) in [5, 5.41) is 4.25. The largest absolute Gasteiger partial charge is 0.271 e. The van der Waals surface area contributed by atoms with Crippen molar-refractivity contribution in [2.45, 2.75) is 57.4 Å². The van der Waals surface area contributed by atoms with Crippen LogP contribution in [0.3, 0.4) is 0 Å². The summed E-state index contributed by atoms with van der Waals surface area (Å²) in [6, 6.07) is 0.0966. The van der Waals surface area contributed by atoms with Crippen molar-refractivity contribution in [3.63, 3.8) is 0 Å². The van der Waals surface area contributed by atoms with E-state index in [1.807, 2.05) is 13.8 Å². The maximum atomic E-state index is 13.0. The molecule has 1 unspecified atom stereocenters. The quantitative estimate of drug-likeness (QED) is 0.839. The molecule has 2 aliphatic rings. The van der Waals surface area contributed by atoms with Crippen molar-refractivity contribution in [2.75, 3.05) is 6.54 Å². The lowest BCUT2D eigenvalue weighted by molar-refractivity contribution is 0.152. The predicted molar refractivity (Wildman–Crippen MR) is 76.9 cm³/mol. The van der Waals surface area contributed by atoms with E-state index in [4.69, 9.17) is 0 Å². The summed E-state index contributed by atoms with van der Waals surface area (Å²) in [6.07, 6.45) is 4.60. The highest BCUT2D eigenvalue weighted by Gasteiger charge is 2.50. The second-order valence-corrected chi connectivity index (χ2v) is 8.41. The number of nitrogens with zero attached hydrogens (tertiary/aromatic N) is 3. The van der Waals surface area contributed by atoms with E-state index in [0.29, 0.717) is 17.1 Å². The smallest absolute Gasteiger partial charge is 0.247 e. The van der Waals surface area contributed by atoms with Gasteiger partial charge in [0, 0.05) is 19.6 Å². The van der Waals surface area contributed by atoms with Gasteiger partial charge in [-0.25, -0.2) is 8.42 Å². The number of sulfonamides is 1. The summed E-state index contributed by atoms with van der Waals surface area (Å²) in [4.78, 5) is 0.406. The van der Waals surface area contributed by atoms with Crippen molar-refractivity contribution in [1.82, 2.24) is 14.1 Å². The van der Waals surface area contributed by atoms with Crippen molar-refractivity contribution in [1.29, 1.82) is 0 Å². The molecule has 1 saturated carbocycles. The molecule has 1 aromatic rings. The van der Waals surface area contributed by atoms with Crippen LogP contribution < -0.4 is 0 Å². The van der Waals surface area contributed by atoms with Gasteiger partial charge in [0.05, 0.1) is 11.4 Å². The third kappa shape index (κ3) is 1.84. The standard InChI is InChI=1S/C14H23N3O2S/c1-10-8-14(6-5-7-14)9-17(10)20(18,19)13-11(2)15-16(4)12(13)3/h10H,5-9H2,1-4H3. The summed E-state index contributed by atoms with van der Waals surface area (Å²) in [7, 11) is -1.63. The molecule has 1 spiro atoms. The van der Waals surface area contributed by atoms with Crippen LogP contribution in [0.5, 0.6) is 0 Å². The lowest BCUT2D eigenvalue weighted by atomic mass is 9.68. The van der Waals surface area contributed by atoms with Gasteiger partial charge in [-0.2, -0.15) is 9.40 Å². The minimum Gasteiger partial charge on any atom is -0.271 e. The van der Waals surface area contributed by atoms with Gasteiger partial charge in [0.25, 0.3) is 0 Å². The molecule has 0 amide bonds. The third-order valence-electron chi connectivity index (χ3n) is 5.13. The third-order valence-corrected chi connectivity index (χ3v) is 7.35. The van der Waals surface area contributed by atoms with E-state index in [1.165, 1.54) is 19.3 Å². The van der Waals surface area contributed by atoms with E-state index in [0.717, 1.165) is 12.1 Å². The number of hydrogen-bond acceptors (Lipinski definition) is 3. The molecule has 3 rings (SSSR count). The molecular weight excluding hydrogens is 274 g/mol. The van der Waals surface area contributed by atoms with Gasteiger partial charge in [0.1, 0.15) is 4.90 Å². The van der Waals surface area contributed by atoms with Gasteiger partial charge in [-0.3, -0.25) is 4.68 Å². The van der Waals surface area contributed by atoms with Crippen LogP contribution in [-0.4, -0.2) is 35.1 Å². The molecule has 1 aliphatic heterocycles. The van der Waals surface area contributed by atoms with Crippen LogP contribution >= 0.6 is 0 Å². The number of aryl methyl sites for hydroxylation is 2. The lowest BCUT2D eigenvalue weighted by Gasteiger charge is -2.38. The highest BCUT2D eigenvalue weighted by Crippen LogP contribution is 2.51. The Kier molecular flexibility index (Phi) is 3.03. The van der Waals surface area contributed by atoms with E-state index in [2.05, 4.69) is 5.10 Å². The van der Waals surface area contributed by atoms with Crippen molar-refractivity contribution in [3.05, 3.63) is 11.4 Å². The molecule has 0 bridgehead atoms. The van der Waals surface area contributed by atoms with Crippen molar-refractivity contribution < 1.29 is 8.42 Å². The summed E-state index contributed by atoms with van der Waals surface area (Å²) in [5.41, 5.74) is 1.59. The molecule has 0 N–H and O–H groups in total. The van der Waals surface area contributed by atoms with Crippen molar-refractivity contribution in [2.24, 2.45) is 12.5 Å². The molecule has 1 aromatic heterocycles. The Bertz CT molecular complexity index is 644. The van der Waals surface area contributed by atoms with E-state index in [-0.39, 0.29) is 11.5 Å². The zero-order chi connectivity index (χ0) is 14.7. The summed E-state index contributed by atoms with van der Waals surface area (Å²) < 4.78 is 29.4. The maximum absolute atomic E-state index is 13.0. The first-order valence-corrected chi connectivity index (χ1v) is 8.73. The summed E-state index contributed by atoms with van der Waals surface area (Å²) >= 11 is 0. The van der Waals surface area contributed by atoms with E-state index >= 15 is 0 Å². The number of hydrogen-bond donors (Lipinski definition) is 0. The van der Waals surface area contributed by atoms with Gasteiger partial charge in [-0.1, -0.05) is 6.42 Å². The van der Waals surface area contributed by atoms with Gasteiger partial charge in [-0.15, -0.1) is 0 Å². The van der Waals surface area contributed by atoms with Crippen molar-refractivity contribution >= 4 is 10.0 Å². The molecular formula is C14H23N3O2S. The lowest BCUT2D eigenvalue weighted by Crippen LogP contribution is -2.37. The highest BCUT2D eigenvalue weighted by molar-refractivity contribution is 7.89. The van der Waals surface area contributed by atoms with Crippen molar-refractivity contribution in [3.8, 4) is 0 Å². The molecule has 1 aliphatic carbocycles. The Labute approximate surface area is 121 Å². The average molecular weight is 297 g/mol. The maximum Gasteiger partial charge on any atom is 0.247 e. The molecule has 6 heteroatoms. The molecule has 2 fully saturated rings. The van der Waals surface area contributed by atoms with Crippen LogP contribution in [-0.2, 0) is 17.1 Å². The minimum absolute atomic E-state index is 0.0966. The molecule has 2 heterocycles. The van der Waals surface area contributed by atoms with E-state index < -0.39 is 10.0 Å². The monoisotopic (exact) mass is 297 g/mol. The SMILES string of the molecule is Cc1nn(C)c(C)c1S(=O)(=O)N1CC2(CCC2)CC1C. The zero-order valence-electron chi connectivity index (χ0n) is 12.7. The van der Waals surface area contributed by atoms with E-state index in [1.54, 1.807) is 23.0 Å². The van der Waals surface area contributed by atoms with Crippen LogP contribution in [0.25, 0.3) is 0 Å². The Hall–Kier alpha value is -0.880.